The molecule has 0 aliphatic heterocycles. The van der Waals surface area contributed by atoms with Crippen molar-refractivity contribution in [2.75, 3.05) is 14.2 Å². The average Bonchev–Trinajstić information content (AvgIpc) is 3.49. The van der Waals surface area contributed by atoms with Crippen LogP contribution in [0.25, 0.3) is 16.6 Å². The minimum atomic E-state index is -0.297. The van der Waals surface area contributed by atoms with Gasteiger partial charge >= 0.3 is 0 Å². The van der Waals surface area contributed by atoms with E-state index in [0.717, 1.165) is 5.56 Å². The second-order valence-electron chi connectivity index (χ2n) is 8.48. The number of rotatable bonds is 9. The number of ether oxygens (including phenoxy) is 2. The van der Waals surface area contributed by atoms with E-state index in [1.165, 1.54) is 18.9 Å². The van der Waals surface area contributed by atoms with Crippen molar-refractivity contribution in [2.24, 2.45) is 0 Å². The van der Waals surface area contributed by atoms with Gasteiger partial charge in [0.15, 0.2) is 16.7 Å². The molecule has 198 valence electrons. The van der Waals surface area contributed by atoms with E-state index in [4.69, 9.17) is 30.5 Å². The monoisotopic (exact) mass is 561 g/mol. The van der Waals surface area contributed by atoms with Crippen molar-refractivity contribution < 1.29 is 18.7 Å². The number of aromatic nitrogens is 2. The number of furan rings is 1. The van der Waals surface area contributed by atoms with E-state index in [2.05, 4.69) is 5.32 Å². The molecule has 0 spiro atoms. The summed E-state index contributed by atoms with van der Waals surface area (Å²) in [5, 5.41) is 4.31. The smallest absolute Gasteiger partial charge is 0.266 e. The molecule has 5 rings (SSSR count). The number of nitrogens with zero attached hydrogens (tertiary/aromatic N) is 2. The van der Waals surface area contributed by atoms with Crippen molar-refractivity contribution >= 4 is 40.2 Å². The molecular weight excluding hydrogens is 538 g/mol. The molecule has 39 heavy (non-hydrogen) atoms. The van der Waals surface area contributed by atoms with Crippen molar-refractivity contribution in [1.29, 1.82) is 0 Å². The molecule has 5 aromatic rings. The molecule has 1 N–H and O–H groups in total. The van der Waals surface area contributed by atoms with Crippen LogP contribution in [0.1, 0.15) is 21.7 Å². The zero-order valence-electron chi connectivity index (χ0n) is 21.1. The summed E-state index contributed by atoms with van der Waals surface area (Å²) in [7, 11) is 3.09. The Labute approximate surface area is 233 Å². The highest BCUT2D eigenvalue weighted by molar-refractivity contribution is 7.98. The lowest BCUT2D eigenvalue weighted by molar-refractivity contribution is 0.0948. The van der Waals surface area contributed by atoms with Crippen LogP contribution in [-0.2, 0) is 12.3 Å². The van der Waals surface area contributed by atoms with Gasteiger partial charge in [0.25, 0.3) is 11.5 Å². The Morgan fingerprint density at radius 3 is 2.54 bits per heavy atom. The largest absolute Gasteiger partial charge is 0.493 e. The van der Waals surface area contributed by atoms with Crippen LogP contribution in [0, 0.1) is 0 Å². The predicted molar refractivity (Wildman–Crippen MR) is 151 cm³/mol. The number of nitrogens with one attached hydrogen (secondary N) is 1. The maximum atomic E-state index is 13.8. The summed E-state index contributed by atoms with van der Waals surface area (Å²) < 4.78 is 17.7. The Kier molecular flexibility index (Phi) is 7.90. The second kappa shape index (κ2) is 11.7. The fourth-order valence-electron chi connectivity index (χ4n) is 4.01. The molecule has 0 radical (unpaired) electrons. The minimum Gasteiger partial charge on any atom is -0.493 e. The Bertz CT molecular complexity index is 1680. The minimum absolute atomic E-state index is 0.250. The van der Waals surface area contributed by atoms with Crippen molar-refractivity contribution in [1.82, 2.24) is 14.9 Å². The van der Waals surface area contributed by atoms with E-state index in [-0.39, 0.29) is 18.0 Å². The first-order valence-corrected chi connectivity index (χ1v) is 13.3. The zero-order chi connectivity index (χ0) is 27.4. The molecule has 0 unspecified atom stereocenters. The lowest BCUT2D eigenvalue weighted by Gasteiger charge is -2.16. The number of carbonyl (C=O) groups excluding carboxylic acids is 1. The Morgan fingerprint density at radius 2 is 1.82 bits per heavy atom. The summed E-state index contributed by atoms with van der Waals surface area (Å²) in [6.45, 7) is 0.250. The van der Waals surface area contributed by atoms with Gasteiger partial charge in [0, 0.05) is 22.4 Å². The molecule has 0 saturated carbocycles. The van der Waals surface area contributed by atoms with Crippen molar-refractivity contribution in [3.63, 3.8) is 0 Å². The Hall–Kier alpha value is -4.21. The maximum absolute atomic E-state index is 13.8. The van der Waals surface area contributed by atoms with Gasteiger partial charge in [0.1, 0.15) is 5.76 Å². The van der Waals surface area contributed by atoms with Crippen LogP contribution in [-0.4, -0.2) is 29.7 Å². The summed E-state index contributed by atoms with van der Waals surface area (Å²) >= 11 is 7.44. The molecule has 8 nitrogen and oxygen atoms in total. The summed E-state index contributed by atoms with van der Waals surface area (Å²) in [6, 6.07) is 21.1. The van der Waals surface area contributed by atoms with E-state index in [0.29, 0.717) is 55.3 Å². The molecule has 0 aliphatic carbocycles. The molecule has 0 atom stereocenters. The van der Waals surface area contributed by atoms with Crippen LogP contribution in [0.5, 0.6) is 11.5 Å². The van der Waals surface area contributed by atoms with E-state index in [1.807, 2.05) is 24.3 Å². The summed E-state index contributed by atoms with van der Waals surface area (Å²) in [5.74, 6) is 1.92. The molecule has 0 bridgehead atoms. The number of thioether (sulfide) groups is 1. The highest BCUT2D eigenvalue weighted by atomic mass is 35.5. The zero-order valence-corrected chi connectivity index (χ0v) is 22.7. The van der Waals surface area contributed by atoms with Gasteiger partial charge in [-0.1, -0.05) is 35.5 Å². The average molecular weight is 562 g/mol. The normalized spacial score (nSPS) is 10.9. The van der Waals surface area contributed by atoms with Crippen molar-refractivity contribution in [3.8, 4) is 17.2 Å². The number of methoxy groups -OCH3 is 2. The van der Waals surface area contributed by atoms with Gasteiger partial charge in [-0.3, -0.25) is 14.2 Å². The quantitative estimate of drug-likeness (QED) is 0.177. The van der Waals surface area contributed by atoms with Crippen LogP contribution in [0.4, 0.5) is 0 Å². The van der Waals surface area contributed by atoms with Gasteiger partial charge in [-0.15, -0.1) is 0 Å². The van der Waals surface area contributed by atoms with Crippen LogP contribution >= 0.6 is 23.4 Å². The molecular formula is C29H24ClN3O5S. The molecule has 0 aliphatic rings. The standard InChI is InChI=1S/C29H24ClN3O5S/c1-36-25-12-10-21(15-26(25)37-2)33-28(35)23-11-7-19(27(34)31-16-22-4-3-13-38-22)14-24(23)32-29(33)39-17-18-5-8-20(30)9-6-18/h3-15H,16-17H2,1-2H3,(H,31,34). The molecule has 3 aromatic carbocycles. The SMILES string of the molecule is COc1ccc(-n2c(SCc3ccc(Cl)cc3)nc3cc(C(=O)NCc4ccco4)ccc3c2=O)cc1OC. The topological polar surface area (TPSA) is 95.6 Å². The maximum Gasteiger partial charge on any atom is 0.266 e. The van der Waals surface area contributed by atoms with Crippen LogP contribution in [0.3, 0.4) is 0 Å². The Balaban J connectivity index is 1.56. The number of halogens is 1. The third-order valence-corrected chi connectivity index (χ3v) is 7.27. The van der Waals surface area contributed by atoms with Gasteiger partial charge in [-0.25, -0.2) is 4.98 Å². The number of fused-ring (bicyclic) bond motifs is 1. The molecule has 2 aromatic heterocycles. The number of amides is 1. The summed E-state index contributed by atoms with van der Waals surface area (Å²) in [6.07, 6.45) is 1.55. The van der Waals surface area contributed by atoms with Gasteiger partial charge in [-0.05, 0) is 60.2 Å². The van der Waals surface area contributed by atoms with Gasteiger partial charge in [0.05, 0.1) is 43.6 Å². The van der Waals surface area contributed by atoms with Crippen LogP contribution < -0.4 is 20.3 Å². The molecule has 1 amide bonds. The third kappa shape index (κ3) is 5.79. The number of hydrogen-bond donors (Lipinski definition) is 1. The first-order valence-electron chi connectivity index (χ1n) is 11.9. The first-order chi connectivity index (χ1) is 19.0. The Morgan fingerprint density at radius 1 is 1.03 bits per heavy atom. The number of benzene rings is 3. The first kappa shape index (κ1) is 26.4. The summed E-state index contributed by atoms with van der Waals surface area (Å²) in [4.78, 5) is 31.5. The van der Waals surface area contributed by atoms with Gasteiger partial charge in [-0.2, -0.15) is 0 Å². The van der Waals surface area contributed by atoms with E-state index in [1.54, 1.807) is 66.5 Å². The van der Waals surface area contributed by atoms with Crippen LogP contribution in [0.15, 0.2) is 93.4 Å². The molecule has 10 heteroatoms. The molecule has 0 saturated heterocycles. The van der Waals surface area contributed by atoms with E-state index >= 15 is 0 Å². The predicted octanol–water partition coefficient (Wildman–Crippen LogP) is 5.87. The lowest BCUT2D eigenvalue weighted by atomic mass is 10.1. The molecule has 2 heterocycles. The lowest BCUT2D eigenvalue weighted by Crippen LogP contribution is -2.24. The number of carbonyl (C=O) groups is 1. The van der Waals surface area contributed by atoms with Crippen molar-refractivity contribution in [2.45, 2.75) is 17.5 Å². The van der Waals surface area contributed by atoms with Gasteiger partial charge in [0.2, 0.25) is 0 Å². The van der Waals surface area contributed by atoms with Crippen molar-refractivity contribution in [3.05, 3.63) is 111 Å². The highest BCUT2D eigenvalue weighted by Crippen LogP contribution is 2.31. The molecule has 0 fully saturated rings. The second-order valence-corrected chi connectivity index (χ2v) is 9.86. The fourth-order valence-corrected chi connectivity index (χ4v) is 5.10. The fraction of sp³-hybridized carbons (Fsp3) is 0.138. The van der Waals surface area contributed by atoms with E-state index < -0.39 is 0 Å². The highest BCUT2D eigenvalue weighted by Gasteiger charge is 2.17. The van der Waals surface area contributed by atoms with E-state index in [9.17, 15) is 9.59 Å². The number of hydrogen-bond acceptors (Lipinski definition) is 7. The summed E-state index contributed by atoms with van der Waals surface area (Å²) in [5.41, 5.74) is 2.13. The van der Waals surface area contributed by atoms with Gasteiger partial charge < -0.3 is 19.2 Å². The third-order valence-electron chi connectivity index (χ3n) is 6.01. The van der Waals surface area contributed by atoms with Crippen LogP contribution in [0.2, 0.25) is 5.02 Å².